The molecule has 6 heteroatoms. The molecule has 3 fully saturated rings. The zero-order valence-corrected chi connectivity index (χ0v) is 16.8. The zero-order chi connectivity index (χ0) is 20.6. The fourth-order valence-corrected chi connectivity index (χ4v) is 6.07. The summed E-state index contributed by atoms with van der Waals surface area (Å²) in [6.45, 7) is 2.05. The molecule has 0 spiro atoms. The molecule has 0 radical (unpaired) electrons. The Bertz CT molecular complexity index is 1080. The minimum absolute atomic E-state index is 0.0383. The quantitative estimate of drug-likeness (QED) is 0.740. The number of carbonyl (C=O) groups is 2. The van der Waals surface area contributed by atoms with Gasteiger partial charge in [-0.3, -0.25) is 14.5 Å². The summed E-state index contributed by atoms with van der Waals surface area (Å²) in [5, 5.41) is 4.40. The first kappa shape index (κ1) is 17.7. The summed E-state index contributed by atoms with van der Waals surface area (Å²) < 4.78 is 5.20. The first-order valence-corrected chi connectivity index (χ1v) is 10.4. The lowest BCUT2D eigenvalue weighted by Gasteiger charge is -2.29. The van der Waals surface area contributed by atoms with Crippen LogP contribution < -0.4 is 9.64 Å². The van der Waals surface area contributed by atoms with Gasteiger partial charge < -0.3 is 9.57 Å². The Morgan fingerprint density at radius 3 is 2.27 bits per heavy atom. The molecule has 6 rings (SSSR count). The summed E-state index contributed by atoms with van der Waals surface area (Å²) in [5.41, 5.74) is 3.77. The van der Waals surface area contributed by atoms with Crippen molar-refractivity contribution in [1.82, 2.24) is 0 Å². The van der Waals surface area contributed by atoms with Crippen LogP contribution in [-0.4, -0.2) is 30.7 Å². The third kappa shape index (κ3) is 2.22. The van der Waals surface area contributed by atoms with E-state index in [1.54, 1.807) is 31.4 Å². The highest BCUT2D eigenvalue weighted by Crippen LogP contribution is 2.62. The van der Waals surface area contributed by atoms with Gasteiger partial charge >= 0.3 is 0 Å². The molecule has 152 valence electrons. The second-order valence-corrected chi connectivity index (χ2v) is 8.76. The number of rotatable bonds is 3. The van der Waals surface area contributed by atoms with Gasteiger partial charge in [0.15, 0.2) is 0 Å². The lowest BCUT2D eigenvalue weighted by atomic mass is 9.71. The maximum absolute atomic E-state index is 13.4. The number of carbonyl (C=O) groups excluding carboxylic acids is 2. The molecule has 6 unspecified atom stereocenters. The average molecular weight is 402 g/mol. The van der Waals surface area contributed by atoms with Crippen LogP contribution in [0.2, 0.25) is 0 Å². The van der Waals surface area contributed by atoms with E-state index in [0.29, 0.717) is 11.4 Å². The number of nitrogens with zero attached hydrogens (tertiary/aromatic N) is 2. The first-order chi connectivity index (χ1) is 14.6. The molecule has 2 amide bonds. The van der Waals surface area contributed by atoms with Gasteiger partial charge in [0.05, 0.1) is 30.3 Å². The third-order valence-electron chi connectivity index (χ3n) is 7.37. The summed E-state index contributed by atoms with van der Waals surface area (Å²) >= 11 is 0. The molecular formula is C24H22N2O4. The minimum atomic E-state index is -0.307. The van der Waals surface area contributed by atoms with Gasteiger partial charge in [0.2, 0.25) is 11.8 Å². The lowest BCUT2D eigenvalue weighted by Crippen LogP contribution is -2.41. The number of amides is 2. The lowest BCUT2D eigenvalue weighted by molar-refractivity contribution is -0.125. The monoisotopic (exact) mass is 402 g/mol. The molecule has 4 aliphatic rings. The summed E-state index contributed by atoms with van der Waals surface area (Å²) in [7, 11) is 1.59. The highest BCUT2D eigenvalue weighted by molar-refractivity contribution is 6.23. The molecule has 2 bridgehead atoms. The Morgan fingerprint density at radius 1 is 0.933 bits per heavy atom. The number of aryl methyl sites for hydroxylation is 1. The maximum Gasteiger partial charge on any atom is 0.238 e. The number of hydrogen-bond donors (Lipinski definition) is 0. The number of fused-ring (bicyclic) bond motifs is 8. The van der Waals surface area contributed by atoms with E-state index in [1.165, 1.54) is 10.5 Å². The van der Waals surface area contributed by atoms with Crippen LogP contribution in [0.25, 0.3) is 0 Å². The maximum atomic E-state index is 13.4. The van der Waals surface area contributed by atoms with Crippen LogP contribution in [0.1, 0.15) is 17.5 Å². The molecule has 0 aromatic heterocycles. The van der Waals surface area contributed by atoms with Crippen molar-refractivity contribution in [2.45, 2.75) is 19.4 Å². The van der Waals surface area contributed by atoms with Gasteiger partial charge in [-0.1, -0.05) is 35.0 Å². The van der Waals surface area contributed by atoms with E-state index in [0.717, 1.165) is 17.7 Å². The van der Waals surface area contributed by atoms with Gasteiger partial charge in [-0.25, -0.2) is 0 Å². The van der Waals surface area contributed by atoms with Crippen LogP contribution in [0.4, 0.5) is 5.69 Å². The van der Waals surface area contributed by atoms with E-state index in [1.807, 2.05) is 0 Å². The number of hydrogen-bond acceptors (Lipinski definition) is 5. The van der Waals surface area contributed by atoms with E-state index in [2.05, 4.69) is 36.3 Å². The fraction of sp³-hybridized carbons (Fsp3) is 0.375. The Hall–Kier alpha value is -3.15. The van der Waals surface area contributed by atoms with Gasteiger partial charge in [0.1, 0.15) is 11.9 Å². The average Bonchev–Trinajstić information content (AvgIpc) is 3.49. The summed E-state index contributed by atoms with van der Waals surface area (Å²) in [6, 6.07) is 15.4. The van der Waals surface area contributed by atoms with Gasteiger partial charge in [-0.2, -0.15) is 0 Å². The van der Waals surface area contributed by atoms with Crippen LogP contribution in [0.15, 0.2) is 53.7 Å². The van der Waals surface area contributed by atoms with E-state index in [-0.39, 0.29) is 47.5 Å². The summed E-state index contributed by atoms with van der Waals surface area (Å²) in [6.07, 6.45) is 0.740. The SMILES string of the molecule is COc1ccc(N2C(=O)C3C4CC(C5C(c6ccc(C)cc6)=NOC45)C3C2=O)cc1. The number of methoxy groups -OCH3 is 1. The molecule has 2 saturated carbocycles. The molecule has 2 aromatic rings. The number of ether oxygens (including phenoxy) is 1. The Balaban J connectivity index is 1.33. The topological polar surface area (TPSA) is 68.2 Å². The number of imide groups is 1. The van der Waals surface area contributed by atoms with Crippen molar-refractivity contribution in [3.05, 3.63) is 59.7 Å². The Labute approximate surface area is 174 Å². The number of anilines is 1. The standard InChI is InChI=1S/C24H22N2O4/c1-12-3-5-13(6-4-12)21-20-16-11-17(22(20)30-25-21)19-18(16)23(27)26(24(19)28)14-7-9-15(29-2)10-8-14/h3-10,16-20,22H,11H2,1-2H3. The minimum Gasteiger partial charge on any atom is -0.497 e. The van der Waals surface area contributed by atoms with E-state index < -0.39 is 0 Å². The summed E-state index contributed by atoms with van der Waals surface area (Å²) in [5.74, 6) is 0.113. The first-order valence-electron chi connectivity index (χ1n) is 10.4. The third-order valence-corrected chi connectivity index (χ3v) is 7.37. The van der Waals surface area contributed by atoms with Crippen LogP contribution in [0, 0.1) is 36.5 Å². The smallest absolute Gasteiger partial charge is 0.238 e. The molecule has 2 aliphatic heterocycles. The highest BCUT2D eigenvalue weighted by Gasteiger charge is 2.70. The second kappa shape index (κ2) is 6.17. The zero-order valence-electron chi connectivity index (χ0n) is 16.8. The molecule has 6 atom stereocenters. The molecule has 2 aliphatic carbocycles. The van der Waals surface area contributed by atoms with Crippen molar-refractivity contribution in [3.8, 4) is 5.75 Å². The fourth-order valence-electron chi connectivity index (χ4n) is 6.07. The van der Waals surface area contributed by atoms with Crippen molar-refractivity contribution in [3.63, 3.8) is 0 Å². The van der Waals surface area contributed by atoms with Crippen molar-refractivity contribution < 1.29 is 19.2 Å². The van der Waals surface area contributed by atoms with Gasteiger partial charge in [0.25, 0.3) is 0 Å². The molecule has 1 saturated heterocycles. The predicted octanol–water partition coefficient (Wildman–Crippen LogP) is 3.18. The van der Waals surface area contributed by atoms with E-state index in [9.17, 15) is 9.59 Å². The van der Waals surface area contributed by atoms with E-state index >= 15 is 0 Å². The second-order valence-electron chi connectivity index (χ2n) is 8.76. The van der Waals surface area contributed by atoms with Gasteiger partial charge in [0, 0.05) is 11.8 Å². The highest BCUT2D eigenvalue weighted by atomic mass is 16.6. The van der Waals surface area contributed by atoms with Gasteiger partial charge in [-0.15, -0.1) is 0 Å². The van der Waals surface area contributed by atoms with Crippen molar-refractivity contribution in [2.75, 3.05) is 12.0 Å². The van der Waals surface area contributed by atoms with E-state index in [4.69, 9.17) is 9.57 Å². The number of benzene rings is 2. The van der Waals surface area contributed by atoms with Crippen LogP contribution in [-0.2, 0) is 14.4 Å². The van der Waals surface area contributed by atoms with Crippen molar-refractivity contribution >= 4 is 23.2 Å². The molecule has 0 N–H and O–H groups in total. The molecule has 6 nitrogen and oxygen atoms in total. The molecule has 2 heterocycles. The predicted molar refractivity (Wildman–Crippen MR) is 110 cm³/mol. The summed E-state index contributed by atoms with van der Waals surface area (Å²) in [4.78, 5) is 33.9. The molecule has 30 heavy (non-hydrogen) atoms. The largest absolute Gasteiger partial charge is 0.497 e. The van der Waals surface area contributed by atoms with Crippen LogP contribution in [0.3, 0.4) is 0 Å². The molecule has 2 aromatic carbocycles. The number of oxime groups is 1. The van der Waals surface area contributed by atoms with Gasteiger partial charge in [-0.05, 0) is 49.1 Å². The van der Waals surface area contributed by atoms with Crippen LogP contribution >= 0.6 is 0 Å². The van der Waals surface area contributed by atoms with Crippen LogP contribution in [0.5, 0.6) is 5.75 Å². The van der Waals surface area contributed by atoms with Crippen molar-refractivity contribution in [1.29, 1.82) is 0 Å². The molecular weight excluding hydrogens is 380 g/mol. The normalized spacial score (nSPS) is 33.4. The van der Waals surface area contributed by atoms with Crippen molar-refractivity contribution in [2.24, 2.45) is 34.7 Å². The Morgan fingerprint density at radius 2 is 1.60 bits per heavy atom. The Kier molecular flexibility index (Phi) is 3.64.